The first-order chi connectivity index (χ1) is 64.3. The van der Waals surface area contributed by atoms with E-state index in [1.807, 2.05) is 92.7 Å². The summed E-state index contributed by atoms with van der Waals surface area (Å²) in [7, 11) is 0. The number of ether oxygens (including phenoxy) is 6. The number of aromatic hydroxyl groups is 2. The van der Waals surface area contributed by atoms with E-state index < -0.39 is 41.6 Å². The molecule has 6 heterocycles. The number of allylic oxidation sites excluding steroid dienone is 6. The Kier molecular flexibility index (Phi) is 30.3. The molecule has 0 fully saturated rings. The average molecular weight is 1810 g/mol. The number of benzene rings is 6. The van der Waals surface area contributed by atoms with E-state index in [4.69, 9.17) is 46.6 Å². The van der Waals surface area contributed by atoms with Crippen LogP contribution in [-0.2, 0) is 95.7 Å². The lowest BCUT2D eigenvalue weighted by Gasteiger charge is -2.21. The second-order valence-electron chi connectivity index (χ2n) is 30.7. The summed E-state index contributed by atoms with van der Waals surface area (Å²) in [6.45, 7) is 22.6. The van der Waals surface area contributed by atoms with E-state index in [9.17, 15) is 67.7 Å². The number of rotatable bonds is 18. The van der Waals surface area contributed by atoms with Gasteiger partial charge in [0.25, 0.3) is 0 Å². The van der Waals surface area contributed by atoms with E-state index in [0.717, 1.165) is 56.2 Å². The van der Waals surface area contributed by atoms with E-state index in [1.54, 1.807) is 158 Å². The molecule has 674 valence electrons. The molecule has 6 aliphatic rings. The predicted molar refractivity (Wildman–Crippen MR) is 497 cm³/mol. The Bertz CT molecular complexity index is 6680. The molecular formula is C105H92ClN7O20. The molecule has 12 aromatic rings. The molecule has 0 atom stereocenters. The Morgan fingerprint density at radius 1 is 0.323 bits per heavy atom. The zero-order valence-corrected chi connectivity index (χ0v) is 74.6. The standard InChI is InChI=1S/C18H14N2O3.2C18H17NO3.C17H14ClNO3.2C17H15NO4/c1-3-23-18(22)16-14(15-5-4-8-20-15)9-11-6-7-12(19-2)10-13(11)17(16)21;1-3-22-18(21)16-14(15-5-4-8-19-15)10-12-9-11(2)6-7-13(12)17(16)20;1-3-22-18(21)16-14(15-5-4-8-19-15)10-12-7-6-11(2)9-13(12)17(16)20;1-2-22-17(21)15-12(14-7-4-8-19-14)9-11-10(16(15)20)5-3-6-13(11)18;1-2-22-17(21)15-11(12-6-4-8-18-12)9-10-5-3-7-13(19)14(10)16(15)20;1-2-22-17(21)15-13(14-4-3-7-18-14)9-10-8-11(19)5-6-12(10)16(15)20/h4-8,10,20H,3,9H2,1H3;2*4-9,19H,3,10H2,1-2H3;3-8,19H,2,9H2,1H3;2*3-8,18-19H,2,9H2,1H3. The summed E-state index contributed by atoms with van der Waals surface area (Å²) in [5, 5.41) is 20.1. The van der Waals surface area contributed by atoms with Crippen molar-refractivity contribution in [2.24, 2.45) is 0 Å². The number of phenolic OH excluding ortho intramolecular Hbond substituents is 2. The van der Waals surface area contributed by atoms with Crippen molar-refractivity contribution in [2.75, 3.05) is 39.6 Å². The van der Waals surface area contributed by atoms with E-state index >= 15 is 0 Å². The Labute approximate surface area is 769 Å². The van der Waals surface area contributed by atoms with Gasteiger partial charge in [-0.2, -0.15) is 0 Å². The smallest absolute Gasteiger partial charge is 0.342 e. The van der Waals surface area contributed by atoms with Crippen LogP contribution in [0.3, 0.4) is 0 Å². The maximum atomic E-state index is 12.8. The van der Waals surface area contributed by atoms with Crippen LogP contribution in [0.5, 0.6) is 11.5 Å². The van der Waals surface area contributed by atoms with Crippen molar-refractivity contribution >= 4 is 121 Å². The summed E-state index contributed by atoms with van der Waals surface area (Å²) in [6.07, 6.45) is 13.2. The first kappa shape index (κ1) is 94.3. The fourth-order valence-corrected chi connectivity index (χ4v) is 16.6. The third-order valence-electron chi connectivity index (χ3n) is 22.3. The topological polar surface area (TPSA) is 400 Å². The Morgan fingerprint density at radius 3 is 1.02 bits per heavy atom. The number of Topliss-reactive ketones (excluding diaryl/α,β-unsaturated/α-hetero) is 6. The molecule has 0 saturated carbocycles. The molecule has 8 N–H and O–H groups in total. The predicted octanol–water partition coefficient (Wildman–Crippen LogP) is 17.9. The van der Waals surface area contributed by atoms with E-state index in [0.29, 0.717) is 133 Å². The van der Waals surface area contributed by atoms with E-state index in [1.165, 1.54) is 24.3 Å². The van der Waals surface area contributed by atoms with Crippen LogP contribution in [-0.4, -0.2) is 150 Å². The molecule has 0 aliphatic heterocycles. The third kappa shape index (κ3) is 20.5. The molecule has 6 aliphatic carbocycles. The minimum absolute atomic E-state index is 0.0155. The number of hydrogen-bond donors (Lipinski definition) is 8. The highest BCUT2D eigenvalue weighted by Gasteiger charge is 2.40. The van der Waals surface area contributed by atoms with Crippen molar-refractivity contribution < 1.29 is 96.2 Å². The molecule has 27 nitrogen and oxygen atoms in total. The highest BCUT2D eigenvalue weighted by atomic mass is 35.5. The highest BCUT2D eigenvalue weighted by Crippen LogP contribution is 2.42. The molecule has 133 heavy (non-hydrogen) atoms. The number of aromatic amines is 6. The normalized spacial score (nSPS) is 13.9. The number of fused-ring (bicyclic) bond motifs is 6. The Balaban J connectivity index is 0.000000136. The number of phenols is 2. The van der Waals surface area contributed by atoms with Crippen LogP contribution in [0.4, 0.5) is 5.69 Å². The van der Waals surface area contributed by atoms with Gasteiger partial charge in [-0.3, -0.25) is 28.8 Å². The molecule has 0 unspecified atom stereocenters. The summed E-state index contributed by atoms with van der Waals surface area (Å²) < 4.78 is 30.4. The van der Waals surface area contributed by atoms with E-state index in [-0.39, 0.29) is 119 Å². The second-order valence-corrected chi connectivity index (χ2v) is 31.1. The van der Waals surface area contributed by atoms with Crippen molar-refractivity contribution in [2.45, 2.75) is 93.9 Å². The Hall–Kier alpha value is -16.3. The minimum Gasteiger partial charge on any atom is -0.508 e. The van der Waals surface area contributed by atoms with Gasteiger partial charge in [0.1, 0.15) is 44.9 Å². The molecule has 0 radical (unpaired) electrons. The molecule has 0 saturated heterocycles. The molecule has 28 heteroatoms. The summed E-state index contributed by atoms with van der Waals surface area (Å²) in [5.74, 6) is -5.74. The van der Waals surface area contributed by atoms with Gasteiger partial charge in [-0.15, -0.1) is 0 Å². The van der Waals surface area contributed by atoms with Crippen molar-refractivity contribution in [1.82, 2.24) is 29.9 Å². The highest BCUT2D eigenvalue weighted by molar-refractivity contribution is 6.37. The largest absolute Gasteiger partial charge is 0.508 e. The fraction of sp³-hybridized carbons (Fsp3) is 0.190. The lowest BCUT2D eigenvalue weighted by Crippen LogP contribution is -2.24. The molecular weight excluding hydrogens is 1710 g/mol. The number of aryl methyl sites for hydroxylation is 2. The van der Waals surface area contributed by atoms with Crippen LogP contribution in [0, 0.1) is 20.4 Å². The van der Waals surface area contributed by atoms with Gasteiger partial charge in [-0.1, -0.05) is 89.5 Å². The molecule has 6 aromatic carbocycles. The number of H-pyrrole nitrogens is 6. The van der Waals surface area contributed by atoms with Crippen molar-refractivity contribution in [3.63, 3.8) is 0 Å². The van der Waals surface area contributed by atoms with Gasteiger partial charge in [0.2, 0.25) is 28.9 Å². The van der Waals surface area contributed by atoms with Crippen LogP contribution in [0.2, 0.25) is 5.02 Å². The monoisotopic (exact) mass is 1810 g/mol. The average Bonchev–Trinajstić information content (AvgIpc) is 1.84. The number of hydrogen-bond acceptors (Lipinski definition) is 20. The Morgan fingerprint density at radius 2 is 0.639 bits per heavy atom. The summed E-state index contributed by atoms with van der Waals surface area (Å²) in [4.78, 5) is 172. The van der Waals surface area contributed by atoms with Crippen LogP contribution in [0.1, 0.15) is 182 Å². The number of carbonyl (C=O) groups excluding carboxylic acids is 12. The van der Waals surface area contributed by atoms with Gasteiger partial charge in [-0.25, -0.2) is 33.6 Å². The van der Waals surface area contributed by atoms with Gasteiger partial charge in [0.15, 0.2) is 11.5 Å². The zero-order valence-electron chi connectivity index (χ0n) is 73.8. The molecule has 18 rings (SSSR count). The quantitative estimate of drug-likeness (QED) is 0.0171. The van der Waals surface area contributed by atoms with Gasteiger partial charge in [0, 0.05) is 143 Å². The number of esters is 6. The van der Waals surface area contributed by atoms with Crippen LogP contribution < -0.4 is 0 Å². The SMILES string of the molecule is CCOC(=O)C1=C(c2ccc[nH]2)Cc2c(Cl)cccc2C1=O.CCOC(=O)C1=C(c2ccc[nH]2)Cc2cc(C)ccc2C1=O.CCOC(=O)C1=C(c2ccc[nH]2)Cc2cc(O)ccc2C1=O.CCOC(=O)C1=C(c2ccc[nH]2)Cc2ccc(C)cc2C1=O.CCOC(=O)C1=C(c2ccc[nH]2)Cc2cccc(O)c2C1=O.[C-]#[N+]c1ccc2c(c1)C(=O)C(C(=O)OCC)=C(c1ccc[nH]1)C2. The van der Waals surface area contributed by atoms with Gasteiger partial charge >= 0.3 is 35.8 Å². The van der Waals surface area contributed by atoms with Crippen LogP contribution in [0.15, 0.2) is 253 Å². The zero-order chi connectivity index (χ0) is 94.8. The number of nitrogens with one attached hydrogen (secondary N) is 6. The van der Waals surface area contributed by atoms with Gasteiger partial charge in [-0.05, 0) is 237 Å². The van der Waals surface area contributed by atoms with Crippen molar-refractivity contribution in [1.29, 1.82) is 0 Å². The summed E-state index contributed by atoms with van der Waals surface area (Å²) in [6, 6.07) is 52.9. The van der Waals surface area contributed by atoms with Crippen molar-refractivity contribution in [3.8, 4) is 11.5 Å². The number of ketones is 6. The maximum Gasteiger partial charge on any atom is 0.342 e. The molecule has 0 bridgehead atoms. The van der Waals surface area contributed by atoms with E-state index in [2.05, 4.69) is 34.7 Å². The van der Waals surface area contributed by atoms with Crippen molar-refractivity contribution in [3.05, 3.63) is 381 Å². The summed E-state index contributed by atoms with van der Waals surface area (Å²) >= 11 is 6.22. The lowest BCUT2D eigenvalue weighted by atomic mass is 9.83. The minimum atomic E-state index is -0.661. The third-order valence-corrected chi connectivity index (χ3v) is 22.7. The molecule has 6 aromatic heterocycles. The van der Waals surface area contributed by atoms with Gasteiger partial charge < -0.3 is 68.5 Å². The number of halogens is 1. The van der Waals surface area contributed by atoms with Crippen LogP contribution >= 0.6 is 11.6 Å². The number of nitrogens with zero attached hydrogens (tertiary/aromatic N) is 1. The van der Waals surface area contributed by atoms with Crippen LogP contribution in [0.25, 0.3) is 38.3 Å². The first-order valence-electron chi connectivity index (χ1n) is 42.9. The second kappa shape index (κ2) is 42.7. The number of aromatic nitrogens is 6. The molecule has 0 amide bonds. The van der Waals surface area contributed by atoms with Gasteiger partial charge in [0.05, 0.1) is 51.8 Å². The first-order valence-corrected chi connectivity index (χ1v) is 43.3. The number of carbonyl (C=O) groups is 12. The maximum absolute atomic E-state index is 12.8. The summed E-state index contributed by atoms with van der Waals surface area (Å²) in [5.41, 5.74) is 18.6. The molecule has 0 spiro atoms. The fourth-order valence-electron chi connectivity index (χ4n) is 16.3. The lowest BCUT2D eigenvalue weighted by molar-refractivity contribution is -0.139.